The Bertz CT molecular complexity index is 834. The molecule has 0 aliphatic heterocycles. The first-order chi connectivity index (χ1) is 11.7. The summed E-state index contributed by atoms with van der Waals surface area (Å²) in [6.45, 7) is 5.59. The van der Waals surface area contributed by atoms with Crippen LogP contribution >= 0.6 is 0 Å². The van der Waals surface area contributed by atoms with Gasteiger partial charge in [0.2, 0.25) is 0 Å². The number of ether oxygens (including phenoxy) is 1. The predicted octanol–water partition coefficient (Wildman–Crippen LogP) is 5.68. The van der Waals surface area contributed by atoms with Gasteiger partial charge in [-0.1, -0.05) is 74.5 Å². The SMILES string of the molecule is CC(C)c1ccc(COCc2cccc3c(C=N)cccc23)cc1. The molecule has 0 unspecified atom stereocenters. The van der Waals surface area contributed by atoms with E-state index in [0.29, 0.717) is 19.1 Å². The van der Waals surface area contributed by atoms with Crippen LogP contribution in [0.3, 0.4) is 0 Å². The molecule has 0 amide bonds. The van der Waals surface area contributed by atoms with Crippen molar-refractivity contribution in [3.8, 4) is 0 Å². The molecule has 0 atom stereocenters. The molecule has 0 aliphatic rings. The topological polar surface area (TPSA) is 33.1 Å². The average Bonchev–Trinajstić information content (AvgIpc) is 2.62. The van der Waals surface area contributed by atoms with Crippen LogP contribution < -0.4 is 0 Å². The standard InChI is InChI=1S/C22H23NO/c1-16(2)18-11-9-17(10-12-18)14-24-15-20-6-4-7-21-19(13-23)5-3-8-22(20)21/h3-13,16,23H,14-15H2,1-2H3. The van der Waals surface area contributed by atoms with E-state index in [4.69, 9.17) is 10.1 Å². The molecule has 2 heteroatoms. The average molecular weight is 317 g/mol. The van der Waals surface area contributed by atoms with Crippen molar-refractivity contribution in [2.45, 2.75) is 33.0 Å². The highest BCUT2D eigenvalue weighted by Crippen LogP contribution is 2.23. The minimum Gasteiger partial charge on any atom is -0.372 e. The van der Waals surface area contributed by atoms with Crippen molar-refractivity contribution in [2.24, 2.45) is 0 Å². The van der Waals surface area contributed by atoms with Crippen molar-refractivity contribution in [1.82, 2.24) is 0 Å². The monoisotopic (exact) mass is 317 g/mol. The summed E-state index contributed by atoms with van der Waals surface area (Å²) in [7, 11) is 0. The van der Waals surface area contributed by atoms with Crippen LogP contribution in [0.1, 0.15) is 42.0 Å². The maximum absolute atomic E-state index is 7.54. The summed E-state index contributed by atoms with van der Waals surface area (Å²) < 4.78 is 5.93. The molecule has 3 rings (SSSR count). The third kappa shape index (κ3) is 3.55. The summed E-state index contributed by atoms with van der Waals surface area (Å²) in [5, 5.41) is 9.80. The van der Waals surface area contributed by atoms with Crippen LogP contribution in [0.5, 0.6) is 0 Å². The van der Waals surface area contributed by atoms with Crippen molar-refractivity contribution in [3.63, 3.8) is 0 Å². The molecule has 1 N–H and O–H groups in total. The zero-order chi connectivity index (χ0) is 16.9. The molecule has 3 aromatic carbocycles. The Balaban J connectivity index is 1.71. The van der Waals surface area contributed by atoms with Crippen LogP contribution in [0.15, 0.2) is 60.7 Å². The van der Waals surface area contributed by atoms with E-state index >= 15 is 0 Å². The maximum Gasteiger partial charge on any atom is 0.0727 e. The van der Waals surface area contributed by atoms with Crippen molar-refractivity contribution >= 4 is 17.0 Å². The first kappa shape index (κ1) is 16.4. The summed E-state index contributed by atoms with van der Waals surface area (Å²) in [5.74, 6) is 0.554. The number of fused-ring (bicyclic) bond motifs is 1. The number of nitrogens with one attached hydrogen (secondary N) is 1. The van der Waals surface area contributed by atoms with E-state index in [0.717, 1.165) is 21.9 Å². The second kappa shape index (κ2) is 7.41. The van der Waals surface area contributed by atoms with Gasteiger partial charge < -0.3 is 10.1 Å². The molecule has 0 aliphatic carbocycles. The van der Waals surface area contributed by atoms with Gasteiger partial charge in [0.1, 0.15) is 0 Å². The Morgan fingerprint density at radius 3 is 2.29 bits per heavy atom. The lowest BCUT2D eigenvalue weighted by molar-refractivity contribution is 0.108. The quantitative estimate of drug-likeness (QED) is 0.583. The highest BCUT2D eigenvalue weighted by molar-refractivity contribution is 6.00. The first-order valence-corrected chi connectivity index (χ1v) is 8.36. The fourth-order valence-corrected chi connectivity index (χ4v) is 2.93. The van der Waals surface area contributed by atoms with Crippen molar-refractivity contribution in [1.29, 1.82) is 5.41 Å². The van der Waals surface area contributed by atoms with Gasteiger partial charge in [-0.3, -0.25) is 0 Å². The molecule has 0 aromatic heterocycles. The molecular weight excluding hydrogens is 294 g/mol. The molecule has 0 heterocycles. The molecule has 3 aromatic rings. The van der Waals surface area contributed by atoms with E-state index in [1.165, 1.54) is 17.3 Å². The Kier molecular flexibility index (Phi) is 5.07. The van der Waals surface area contributed by atoms with E-state index in [1.807, 2.05) is 18.2 Å². The zero-order valence-electron chi connectivity index (χ0n) is 14.3. The third-order valence-electron chi connectivity index (χ3n) is 4.37. The van der Waals surface area contributed by atoms with Crippen LogP contribution in [0, 0.1) is 5.41 Å². The second-order valence-corrected chi connectivity index (χ2v) is 6.39. The molecule has 0 saturated carbocycles. The lowest BCUT2D eigenvalue weighted by Gasteiger charge is -2.10. The summed E-state index contributed by atoms with van der Waals surface area (Å²) in [5.41, 5.74) is 4.65. The zero-order valence-corrected chi connectivity index (χ0v) is 14.3. The Morgan fingerprint density at radius 1 is 0.875 bits per heavy atom. The number of benzene rings is 3. The van der Waals surface area contributed by atoms with E-state index in [9.17, 15) is 0 Å². The number of rotatable bonds is 6. The second-order valence-electron chi connectivity index (χ2n) is 6.39. The lowest BCUT2D eigenvalue weighted by atomic mass is 10.0. The highest BCUT2D eigenvalue weighted by atomic mass is 16.5. The van der Waals surface area contributed by atoms with Gasteiger partial charge in [0.05, 0.1) is 13.2 Å². The van der Waals surface area contributed by atoms with E-state index in [2.05, 4.69) is 56.3 Å². The van der Waals surface area contributed by atoms with Crippen molar-refractivity contribution in [3.05, 3.63) is 82.9 Å². The molecule has 24 heavy (non-hydrogen) atoms. The van der Waals surface area contributed by atoms with Gasteiger partial charge in [-0.2, -0.15) is 0 Å². The molecule has 0 fully saturated rings. The van der Waals surface area contributed by atoms with Gasteiger partial charge in [-0.15, -0.1) is 0 Å². The summed E-state index contributed by atoms with van der Waals surface area (Å²) in [6.07, 6.45) is 1.41. The van der Waals surface area contributed by atoms with Crippen LogP contribution in [0.2, 0.25) is 0 Å². The third-order valence-corrected chi connectivity index (χ3v) is 4.37. The van der Waals surface area contributed by atoms with Gasteiger partial charge in [0, 0.05) is 6.21 Å². The van der Waals surface area contributed by atoms with Crippen molar-refractivity contribution in [2.75, 3.05) is 0 Å². The van der Waals surface area contributed by atoms with Gasteiger partial charge in [0.15, 0.2) is 0 Å². The molecular formula is C22H23NO. The summed E-state index contributed by atoms with van der Waals surface area (Å²) in [4.78, 5) is 0. The van der Waals surface area contributed by atoms with Gasteiger partial charge in [-0.05, 0) is 38.9 Å². The van der Waals surface area contributed by atoms with E-state index in [1.54, 1.807) is 0 Å². The minimum absolute atomic E-state index is 0.554. The molecule has 0 spiro atoms. The Morgan fingerprint density at radius 2 is 1.58 bits per heavy atom. The number of hydrogen-bond donors (Lipinski definition) is 1. The lowest BCUT2D eigenvalue weighted by Crippen LogP contribution is -1.96. The maximum atomic E-state index is 7.54. The van der Waals surface area contributed by atoms with Crippen LogP contribution in [0.25, 0.3) is 10.8 Å². The Hall–Kier alpha value is -2.45. The highest BCUT2D eigenvalue weighted by Gasteiger charge is 2.04. The van der Waals surface area contributed by atoms with Gasteiger partial charge in [-0.25, -0.2) is 0 Å². The van der Waals surface area contributed by atoms with Crippen molar-refractivity contribution < 1.29 is 4.74 Å². The molecule has 122 valence electrons. The largest absolute Gasteiger partial charge is 0.372 e. The molecule has 2 nitrogen and oxygen atoms in total. The smallest absolute Gasteiger partial charge is 0.0727 e. The first-order valence-electron chi connectivity index (χ1n) is 8.36. The predicted molar refractivity (Wildman–Crippen MR) is 101 cm³/mol. The molecule has 0 radical (unpaired) electrons. The van der Waals surface area contributed by atoms with Crippen LogP contribution in [-0.4, -0.2) is 6.21 Å². The summed E-state index contributed by atoms with van der Waals surface area (Å²) >= 11 is 0. The van der Waals surface area contributed by atoms with Crippen LogP contribution in [-0.2, 0) is 18.0 Å². The van der Waals surface area contributed by atoms with Gasteiger partial charge in [0.25, 0.3) is 0 Å². The fourth-order valence-electron chi connectivity index (χ4n) is 2.93. The van der Waals surface area contributed by atoms with E-state index < -0.39 is 0 Å². The normalized spacial score (nSPS) is 11.1. The number of hydrogen-bond acceptors (Lipinski definition) is 2. The van der Waals surface area contributed by atoms with Gasteiger partial charge >= 0.3 is 0 Å². The minimum atomic E-state index is 0.554. The van der Waals surface area contributed by atoms with E-state index in [-0.39, 0.29) is 0 Å². The Labute approximate surface area is 143 Å². The molecule has 0 saturated heterocycles. The summed E-state index contributed by atoms with van der Waals surface area (Å²) in [6, 6.07) is 20.9. The van der Waals surface area contributed by atoms with Crippen LogP contribution in [0.4, 0.5) is 0 Å². The fraction of sp³-hybridized carbons (Fsp3) is 0.227. The molecule has 0 bridgehead atoms.